The van der Waals surface area contributed by atoms with Crippen molar-refractivity contribution in [3.05, 3.63) is 65.5 Å². The number of rotatable bonds is 3. The Hall–Kier alpha value is -2.70. The van der Waals surface area contributed by atoms with Gasteiger partial charge in [0.2, 0.25) is 5.90 Å². The zero-order valence-electron chi connectivity index (χ0n) is 11.6. The minimum absolute atomic E-state index is 0.241. The van der Waals surface area contributed by atoms with Gasteiger partial charge in [0.1, 0.15) is 0 Å². The number of nitrogens with zero attached hydrogens (tertiary/aromatic N) is 3. The Kier molecular flexibility index (Phi) is 4.88. The molecule has 0 amide bonds. The van der Waals surface area contributed by atoms with Crippen molar-refractivity contribution >= 4 is 12.1 Å². The fourth-order valence-corrected chi connectivity index (χ4v) is 1.65. The molecule has 0 aliphatic rings. The van der Waals surface area contributed by atoms with Crippen LogP contribution in [0.15, 0.2) is 59.0 Å². The van der Waals surface area contributed by atoms with Crippen LogP contribution in [-0.2, 0) is 10.9 Å². The summed E-state index contributed by atoms with van der Waals surface area (Å²) >= 11 is 0. The lowest BCUT2D eigenvalue weighted by Gasteiger charge is -2.06. The van der Waals surface area contributed by atoms with E-state index >= 15 is 0 Å². The average Bonchev–Trinajstić information content (AvgIpc) is 2.52. The smallest absolute Gasteiger partial charge is 0.416 e. The van der Waals surface area contributed by atoms with E-state index in [1.165, 1.54) is 25.5 Å². The maximum Gasteiger partial charge on any atom is 0.416 e. The lowest BCUT2D eigenvalue weighted by Crippen LogP contribution is -2.05. The van der Waals surface area contributed by atoms with Gasteiger partial charge in [-0.1, -0.05) is 12.1 Å². The molecule has 1 aromatic heterocycles. The zero-order valence-corrected chi connectivity index (χ0v) is 11.6. The quantitative estimate of drug-likeness (QED) is 0.495. The van der Waals surface area contributed by atoms with Crippen LogP contribution in [0, 0.1) is 0 Å². The third-order valence-electron chi connectivity index (χ3n) is 2.69. The Morgan fingerprint density at radius 3 is 2.55 bits per heavy atom. The Bertz CT molecular complexity index is 682. The molecule has 7 heteroatoms. The normalized spacial score (nSPS) is 12.6. The van der Waals surface area contributed by atoms with E-state index in [0.717, 1.165) is 12.1 Å². The summed E-state index contributed by atoms with van der Waals surface area (Å²) in [5.41, 5.74) is 0.226. The molecule has 2 rings (SSSR count). The molecular weight excluding hydrogens is 295 g/mol. The fourth-order valence-electron chi connectivity index (χ4n) is 1.65. The maximum absolute atomic E-state index is 12.6. The molecule has 1 heterocycles. The molecule has 4 nitrogen and oxygen atoms in total. The summed E-state index contributed by atoms with van der Waals surface area (Å²) < 4.78 is 42.9. The first-order chi connectivity index (χ1) is 10.5. The Morgan fingerprint density at radius 2 is 1.91 bits per heavy atom. The van der Waals surface area contributed by atoms with Gasteiger partial charge in [0, 0.05) is 18.0 Å². The minimum atomic E-state index is -4.39. The molecule has 0 fully saturated rings. The molecule has 0 aliphatic heterocycles. The van der Waals surface area contributed by atoms with Gasteiger partial charge in [0.15, 0.2) is 0 Å². The lowest BCUT2D eigenvalue weighted by molar-refractivity contribution is -0.137. The van der Waals surface area contributed by atoms with E-state index in [0.29, 0.717) is 11.1 Å². The molecule has 0 aliphatic carbocycles. The number of hydrogen-bond donors (Lipinski definition) is 0. The van der Waals surface area contributed by atoms with Crippen LogP contribution in [-0.4, -0.2) is 24.2 Å². The SMILES string of the molecule is CO/C(=N\N=C\c1cccc(C(F)(F)F)c1)c1ccncc1. The van der Waals surface area contributed by atoms with Gasteiger partial charge in [-0.05, 0) is 29.8 Å². The average molecular weight is 307 g/mol. The lowest BCUT2D eigenvalue weighted by atomic mass is 10.1. The van der Waals surface area contributed by atoms with Crippen LogP contribution in [0.25, 0.3) is 0 Å². The minimum Gasteiger partial charge on any atom is -0.479 e. The molecule has 0 unspecified atom stereocenters. The molecule has 2 aromatic rings. The molecule has 0 atom stereocenters. The van der Waals surface area contributed by atoms with Crippen LogP contribution >= 0.6 is 0 Å². The highest BCUT2D eigenvalue weighted by molar-refractivity contribution is 5.94. The highest BCUT2D eigenvalue weighted by atomic mass is 19.4. The molecule has 0 saturated heterocycles. The summed E-state index contributed by atoms with van der Waals surface area (Å²) in [6.07, 6.45) is -0.0158. The van der Waals surface area contributed by atoms with Crippen molar-refractivity contribution < 1.29 is 17.9 Å². The van der Waals surface area contributed by atoms with Crippen molar-refractivity contribution in [1.82, 2.24) is 4.98 Å². The largest absolute Gasteiger partial charge is 0.479 e. The van der Waals surface area contributed by atoms with Gasteiger partial charge < -0.3 is 4.74 Å². The van der Waals surface area contributed by atoms with Crippen molar-refractivity contribution in [3.8, 4) is 0 Å². The summed E-state index contributed by atoms with van der Waals surface area (Å²) in [7, 11) is 1.43. The molecule has 0 N–H and O–H groups in total. The molecular formula is C15H12F3N3O. The van der Waals surface area contributed by atoms with Gasteiger partial charge in [-0.15, -0.1) is 5.10 Å². The second-order valence-corrected chi connectivity index (χ2v) is 4.21. The Morgan fingerprint density at radius 1 is 1.18 bits per heavy atom. The molecule has 0 bridgehead atoms. The number of aromatic nitrogens is 1. The van der Waals surface area contributed by atoms with Crippen molar-refractivity contribution in [2.75, 3.05) is 7.11 Å². The van der Waals surface area contributed by atoms with E-state index in [9.17, 15) is 13.2 Å². The monoisotopic (exact) mass is 307 g/mol. The molecule has 0 saturated carbocycles. The van der Waals surface area contributed by atoms with E-state index in [1.807, 2.05) is 0 Å². The number of alkyl halides is 3. The Balaban J connectivity index is 2.19. The number of halogens is 3. The molecule has 1 aromatic carbocycles. The van der Waals surface area contributed by atoms with Gasteiger partial charge >= 0.3 is 6.18 Å². The van der Waals surface area contributed by atoms with E-state index in [4.69, 9.17) is 4.74 Å². The van der Waals surface area contributed by atoms with Crippen LogP contribution in [0.2, 0.25) is 0 Å². The van der Waals surface area contributed by atoms with Gasteiger partial charge in [-0.2, -0.15) is 18.3 Å². The van der Waals surface area contributed by atoms with Crippen LogP contribution in [0.4, 0.5) is 13.2 Å². The number of pyridine rings is 1. The predicted octanol–water partition coefficient (Wildman–Crippen LogP) is 3.53. The standard InChI is InChI=1S/C15H12F3N3O/c1-22-14(12-5-7-19-8-6-12)21-20-10-11-3-2-4-13(9-11)15(16,17)18/h2-10H,1H3/b20-10+,21-14-. The van der Waals surface area contributed by atoms with E-state index < -0.39 is 11.7 Å². The second-order valence-electron chi connectivity index (χ2n) is 4.21. The van der Waals surface area contributed by atoms with E-state index in [-0.39, 0.29) is 5.90 Å². The van der Waals surface area contributed by atoms with Crippen molar-refractivity contribution in [2.45, 2.75) is 6.18 Å². The van der Waals surface area contributed by atoms with Gasteiger partial charge in [-0.3, -0.25) is 4.98 Å². The maximum atomic E-state index is 12.6. The Labute approximate surface area is 125 Å². The van der Waals surface area contributed by atoms with Crippen molar-refractivity contribution in [3.63, 3.8) is 0 Å². The van der Waals surface area contributed by atoms with Gasteiger partial charge in [-0.25, -0.2) is 0 Å². The third-order valence-corrected chi connectivity index (χ3v) is 2.69. The summed E-state index contributed by atoms with van der Waals surface area (Å²) in [5, 5.41) is 7.62. The van der Waals surface area contributed by atoms with Crippen molar-refractivity contribution in [2.24, 2.45) is 10.2 Å². The summed E-state index contributed by atoms with van der Waals surface area (Å²) in [6.45, 7) is 0. The summed E-state index contributed by atoms with van der Waals surface area (Å²) in [6, 6.07) is 8.18. The van der Waals surface area contributed by atoms with Crippen molar-refractivity contribution in [1.29, 1.82) is 0 Å². The highest BCUT2D eigenvalue weighted by Crippen LogP contribution is 2.29. The predicted molar refractivity (Wildman–Crippen MR) is 76.8 cm³/mol. The summed E-state index contributed by atoms with van der Waals surface area (Å²) in [5.74, 6) is 0.241. The second kappa shape index (κ2) is 6.84. The first-order valence-corrected chi connectivity index (χ1v) is 6.23. The van der Waals surface area contributed by atoms with Crippen LogP contribution in [0.5, 0.6) is 0 Å². The fraction of sp³-hybridized carbons (Fsp3) is 0.133. The topological polar surface area (TPSA) is 46.8 Å². The molecule has 0 spiro atoms. The third kappa shape index (κ3) is 4.15. The van der Waals surface area contributed by atoms with Gasteiger partial charge in [0.05, 0.1) is 18.9 Å². The number of hydrogen-bond acceptors (Lipinski definition) is 4. The van der Waals surface area contributed by atoms with Gasteiger partial charge in [0.25, 0.3) is 0 Å². The first kappa shape index (κ1) is 15.7. The highest BCUT2D eigenvalue weighted by Gasteiger charge is 2.30. The summed E-state index contributed by atoms with van der Waals surface area (Å²) in [4.78, 5) is 3.87. The zero-order chi connectivity index (χ0) is 16.0. The molecule has 22 heavy (non-hydrogen) atoms. The van der Waals surface area contributed by atoms with E-state index in [2.05, 4.69) is 15.2 Å². The van der Waals surface area contributed by atoms with E-state index in [1.54, 1.807) is 24.5 Å². The van der Waals surface area contributed by atoms with Crippen LogP contribution < -0.4 is 0 Å². The number of methoxy groups -OCH3 is 1. The number of ether oxygens (including phenoxy) is 1. The molecule has 114 valence electrons. The molecule has 0 radical (unpaired) electrons. The van der Waals surface area contributed by atoms with Crippen LogP contribution in [0.1, 0.15) is 16.7 Å². The van der Waals surface area contributed by atoms with Crippen LogP contribution in [0.3, 0.4) is 0 Å². The number of benzene rings is 1. The first-order valence-electron chi connectivity index (χ1n) is 6.23.